The number of allylic oxidation sites excluding steroid dienone is 1. The van der Waals surface area contributed by atoms with Gasteiger partial charge in [0.2, 0.25) is 6.17 Å². The number of hydrogen-bond acceptors (Lipinski definition) is 1. The summed E-state index contributed by atoms with van der Waals surface area (Å²) in [4.78, 5) is 10.0. The second-order valence-corrected chi connectivity index (χ2v) is 3.18. The SMILES string of the molecule is C=CCCCCCC(F)C(F)C(=O)O. The summed E-state index contributed by atoms with van der Waals surface area (Å²) in [6, 6.07) is 0. The number of halogens is 2. The van der Waals surface area contributed by atoms with Crippen molar-refractivity contribution in [3.05, 3.63) is 12.7 Å². The van der Waals surface area contributed by atoms with Crippen molar-refractivity contribution in [3.8, 4) is 0 Å². The third-order valence-electron chi connectivity index (χ3n) is 1.94. The molecule has 82 valence electrons. The molecule has 2 unspecified atom stereocenters. The van der Waals surface area contributed by atoms with Crippen LogP contribution in [0.15, 0.2) is 12.7 Å². The van der Waals surface area contributed by atoms with E-state index in [1.807, 2.05) is 0 Å². The van der Waals surface area contributed by atoms with Crippen LogP contribution in [-0.4, -0.2) is 23.4 Å². The number of hydrogen-bond donors (Lipinski definition) is 1. The van der Waals surface area contributed by atoms with E-state index < -0.39 is 18.3 Å². The van der Waals surface area contributed by atoms with E-state index in [9.17, 15) is 13.6 Å². The second kappa shape index (κ2) is 7.47. The van der Waals surface area contributed by atoms with Crippen LogP contribution in [0.25, 0.3) is 0 Å². The van der Waals surface area contributed by atoms with E-state index in [-0.39, 0.29) is 6.42 Å². The third-order valence-corrected chi connectivity index (χ3v) is 1.94. The van der Waals surface area contributed by atoms with E-state index in [0.29, 0.717) is 6.42 Å². The van der Waals surface area contributed by atoms with Crippen LogP contribution < -0.4 is 0 Å². The zero-order valence-corrected chi connectivity index (χ0v) is 8.09. The maximum Gasteiger partial charge on any atom is 0.341 e. The summed E-state index contributed by atoms with van der Waals surface area (Å²) in [7, 11) is 0. The Morgan fingerprint density at radius 2 is 2.00 bits per heavy atom. The van der Waals surface area contributed by atoms with Crippen LogP contribution in [0.1, 0.15) is 32.1 Å². The van der Waals surface area contributed by atoms with Gasteiger partial charge in [0.05, 0.1) is 0 Å². The van der Waals surface area contributed by atoms with Gasteiger partial charge in [-0.15, -0.1) is 6.58 Å². The fourth-order valence-electron chi connectivity index (χ4n) is 1.11. The fourth-order valence-corrected chi connectivity index (χ4v) is 1.11. The Morgan fingerprint density at radius 1 is 1.36 bits per heavy atom. The summed E-state index contributed by atoms with van der Waals surface area (Å²) >= 11 is 0. The number of unbranched alkanes of at least 4 members (excludes halogenated alkanes) is 3. The van der Waals surface area contributed by atoms with Crippen LogP contribution in [0, 0.1) is 0 Å². The Hall–Kier alpha value is -0.930. The lowest BCUT2D eigenvalue weighted by Crippen LogP contribution is -2.26. The van der Waals surface area contributed by atoms with E-state index in [2.05, 4.69) is 6.58 Å². The van der Waals surface area contributed by atoms with Crippen molar-refractivity contribution < 1.29 is 18.7 Å². The van der Waals surface area contributed by atoms with Crippen molar-refractivity contribution in [2.24, 2.45) is 0 Å². The number of aliphatic carboxylic acids is 1. The Kier molecular flexibility index (Phi) is 6.98. The van der Waals surface area contributed by atoms with Crippen LogP contribution in [0.5, 0.6) is 0 Å². The summed E-state index contributed by atoms with van der Waals surface area (Å²) < 4.78 is 25.3. The van der Waals surface area contributed by atoms with E-state index in [1.54, 1.807) is 6.08 Å². The molecule has 0 saturated heterocycles. The number of alkyl halides is 2. The highest BCUT2D eigenvalue weighted by Crippen LogP contribution is 2.13. The highest BCUT2D eigenvalue weighted by molar-refractivity contribution is 5.72. The van der Waals surface area contributed by atoms with Crippen LogP contribution in [0.2, 0.25) is 0 Å². The van der Waals surface area contributed by atoms with Gasteiger partial charge in [-0.05, 0) is 19.3 Å². The highest BCUT2D eigenvalue weighted by atomic mass is 19.2. The lowest BCUT2D eigenvalue weighted by atomic mass is 10.1. The average molecular weight is 206 g/mol. The first-order valence-corrected chi connectivity index (χ1v) is 4.71. The molecule has 2 atom stereocenters. The molecular formula is C10H16F2O2. The summed E-state index contributed by atoms with van der Waals surface area (Å²) in [6.07, 6.45) is 0.522. The van der Waals surface area contributed by atoms with E-state index in [1.165, 1.54) is 0 Å². The van der Waals surface area contributed by atoms with Crippen molar-refractivity contribution in [2.75, 3.05) is 0 Å². The summed E-state index contributed by atoms with van der Waals surface area (Å²) in [5, 5.41) is 8.16. The average Bonchev–Trinajstić information content (AvgIpc) is 2.16. The zero-order valence-electron chi connectivity index (χ0n) is 8.09. The molecule has 0 amide bonds. The maximum absolute atomic E-state index is 12.8. The lowest BCUT2D eigenvalue weighted by Gasteiger charge is -2.08. The molecule has 1 N–H and O–H groups in total. The molecule has 2 nitrogen and oxygen atoms in total. The van der Waals surface area contributed by atoms with Gasteiger partial charge in [0.25, 0.3) is 0 Å². The third kappa shape index (κ3) is 5.67. The molecule has 0 spiro atoms. The Morgan fingerprint density at radius 3 is 2.50 bits per heavy atom. The van der Waals surface area contributed by atoms with Gasteiger partial charge >= 0.3 is 5.97 Å². The van der Waals surface area contributed by atoms with Crippen LogP contribution in [0.4, 0.5) is 8.78 Å². The lowest BCUT2D eigenvalue weighted by molar-refractivity contribution is -0.145. The molecule has 0 saturated carbocycles. The Balaban J connectivity index is 3.48. The highest BCUT2D eigenvalue weighted by Gasteiger charge is 2.26. The molecule has 14 heavy (non-hydrogen) atoms. The molecule has 0 heterocycles. The van der Waals surface area contributed by atoms with Gasteiger partial charge in [0.1, 0.15) is 6.17 Å². The normalized spacial score (nSPS) is 14.7. The van der Waals surface area contributed by atoms with Gasteiger partial charge in [-0.1, -0.05) is 18.9 Å². The molecule has 0 aliphatic carbocycles. The first-order chi connectivity index (χ1) is 6.59. The molecular weight excluding hydrogens is 190 g/mol. The molecule has 0 bridgehead atoms. The van der Waals surface area contributed by atoms with E-state index in [0.717, 1.165) is 19.3 Å². The molecule has 0 aliphatic rings. The molecule has 4 heteroatoms. The van der Waals surface area contributed by atoms with Crippen molar-refractivity contribution in [2.45, 2.75) is 44.4 Å². The van der Waals surface area contributed by atoms with Gasteiger partial charge in [-0.3, -0.25) is 0 Å². The first-order valence-electron chi connectivity index (χ1n) is 4.71. The summed E-state index contributed by atoms with van der Waals surface area (Å²) in [5.41, 5.74) is 0. The molecule has 0 fully saturated rings. The topological polar surface area (TPSA) is 37.3 Å². The predicted octanol–water partition coefficient (Wildman–Crippen LogP) is 2.88. The van der Waals surface area contributed by atoms with Gasteiger partial charge < -0.3 is 5.11 Å². The second-order valence-electron chi connectivity index (χ2n) is 3.18. The number of carbonyl (C=O) groups is 1. The van der Waals surface area contributed by atoms with Crippen LogP contribution in [0.3, 0.4) is 0 Å². The van der Waals surface area contributed by atoms with Crippen molar-refractivity contribution >= 4 is 5.97 Å². The summed E-state index contributed by atoms with van der Waals surface area (Å²) in [6.45, 7) is 3.53. The van der Waals surface area contributed by atoms with E-state index in [4.69, 9.17) is 5.11 Å². The monoisotopic (exact) mass is 206 g/mol. The molecule has 0 aliphatic heterocycles. The smallest absolute Gasteiger partial charge is 0.341 e. The minimum Gasteiger partial charge on any atom is -0.479 e. The number of carboxylic acids is 1. The van der Waals surface area contributed by atoms with Gasteiger partial charge in [0.15, 0.2) is 0 Å². The molecule has 0 aromatic rings. The quantitative estimate of drug-likeness (QED) is 0.489. The first kappa shape index (κ1) is 13.1. The fraction of sp³-hybridized carbons (Fsp3) is 0.700. The van der Waals surface area contributed by atoms with E-state index >= 15 is 0 Å². The van der Waals surface area contributed by atoms with Gasteiger partial charge in [-0.2, -0.15) is 0 Å². The standard InChI is InChI=1S/C10H16F2O2/c1-2-3-4-5-6-7-8(11)9(12)10(13)14/h2,8-9H,1,3-7H2,(H,13,14). The maximum atomic E-state index is 12.8. The van der Waals surface area contributed by atoms with Gasteiger partial charge in [-0.25, -0.2) is 13.6 Å². The molecule has 0 aromatic carbocycles. The minimum atomic E-state index is -2.38. The van der Waals surface area contributed by atoms with Crippen molar-refractivity contribution in [1.82, 2.24) is 0 Å². The Bertz CT molecular complexity index is 183. The van der Waals surface area contributed by atoms with Crippen molar-refractivity contribution in [1.29, 1.82) is 0 Å². The number of rotatable bonds is 8. The largest absolute Gasteiger partial charge is 0.479 e. The zero-order chi connectivity index (χ0) is 11.0. The van der Waals surface area contributed by atoms with Gasteiger partial charge in [0, 0.05) is 0 Å². The number of carboxylic acid groups (broad SMARTS) is 1. The Labute approximate surface area is 82.6 Å². The molecule has 0 rings (SSSR count). The summed E-state index contributed by atoms with van der Waals surface area (Å²) in [5.74, 6) is -1.72. The minimum absolute atomic E-state index is 0.0232. The predicted molar refractivity (Wildman–Crippen MR) is 50.7 cm³/mol. The molecule has 0 radical (unpaired) electrons. The van der Waals surface area contributed by atoms with Crippen LogP contribution >= 0.6 is 0 Å². The van der Waals surface area contributed by atoms with Crippen molar-refractivity contribution in [3.63, 3.8) is 0 Å². The molecule has 0 aromatic heterocycles. The van der Waals surface area contributed by atoms with Crippen LogP contribution in [-0.2, 0) is 4.79 Å².